The summed E-state index contributed by atoms with van der Waals surface area (Å²) in [6, 6.07) is 7.66. The molecular formula is C21H24N4O3S. The number of hydrogen-bond donors (Lipinski definition) is 2. The first-order valence-corrected chi connectivity index (χ1v) is 10.5. The number of carbonyl (C=O) groups is 1. The maximum absolute atomic E-state index is 12.8. The van der Waals surface area contributed by atoms with Crippen LogP contribution in [0.3, 0.4) is 0 Å². The van der Waals surface area contributed by atoms with Gasteiger partial charge in [-0.2, -0.15) is 0 Å². The van der Waals surface area contributed by atoms with Crippen molar-refractivity contribution in [2.24, 2.45) is 0 Å². The lowest BCUT2D eigenvalue weighted by atomic mass is 10.1. The Hall–Kier alpha value is -2.71. The van der Waals surface area contributed by atoms with Crippen molar-refractivity contribution in [3.63, 3.8) is 0 Å². The van der Waals surface area contributed by atoms with Crippen molar-refractivity contribution >= 4 is 33.3 Å². The van der Waals surface area contributed by atoms with Crippen LogP contribution in [-0.2, 0) is 11.3 Å². The number of amides is 1. The molecule has 152 valence electrons. The lowest BCUT2D eigenvalue weighted by Gasteiger charge is -2.12. The summed E-state index contributed by atoms with van der Waals surface area (Å²) in [5.74, 6) is 1.41. The lowest BCUT2D eigenvalue weighted by molar-refractivity contribution is 0.0954. The molecule has 1 aromatic carbocycles. The fourth-order valence-corrected chi connectivity index (χ4v) is 4.55. The number of hydrogen-bond acceptors (Lipinski definition) is 7. The summed E-state index contributed by atoms with van der Waals surface area (Å²) in [6.45, 7) is 3.90. The second-order valence-corrected chi connectivity index (χ2v) is 8.01. The fourth-order valence-electron chi connectivity index (χ4n) is 3.48. The Morgan fingerprint density at radius 1 is 1.38 bits per heavy atom. The second-order valence-electron chi connectivity index (χ2n) is 7.01. The lowest BCUT2D eigenvalue weighted by Crippen LogP contribution is -2.22. The van der Waals surface area contributed by atoms with Crippen molar-refractivity contribution in [2.75, 3.05) is 25.6 Å². The highest BCUT2D eigenvalue weighted by Crippen LogP contribution is 2.33. The highest BCUT2D eigenvalue weighted by atomic mass is 32.1. The van der Waals surface area contributed by atoms with Gasteiger partial charge >= 0.3 is 0 Å². The minimum absolute atomic E-state index is 0.113. The largest absolute Gasteiger partial charge is 0.497 e. The second kappa shape index (κ2) is 8.75. The van der Waals surface area contributed by atoms with Gasteiger partial charge in [0.25, 0.3) is 5.91 Å². The van der Waals surface area contributed by atoms with Crippen LogP contribution in [-0.4, -0.2) is 42.2 Å². The van der Waals surface area contributed by atoms with E-state index in [0.29, 0.717) is 18.0 Å². The van der Waals surface area contributed by atoms with Gasteiger partial charge in [-0.3, -0.25) is 4.79 Å². The van der Waals surface area contributed by atoms with Gasteiger partial charge in [0.15, 0.2) is 0 Å². The number of aromatic nitrogens is 2. The molecule has 29 heavy (non-hydrogen) atoms. The minimum Gasteiger partial charge on any atom is -0.497 e. The molecule has 0 unspecified atom stereocenters. The zero-order chi connectivity index (χ0) is 20.2. The van der Waals surface area contributed by atoms with Gasteiger partial charge in [-0.15, -0.1) is 11.3 Å². The first-order chi connectivity index (χ1) is 14.2. The average Bonchev–Trinajstić information content (AvgIpc) is 3.39. The quantitative estimate of drug-likeness (QED) is 0.618. The van der Waals surface area contributed by atoms with Crippen LogP contribution in [0.15, 0.2) is 30.6 Å². The summed E-state index contributed by atoms with van der Waals surface area (Å²) in [5, 5.41) is 7.27. The summed E-state index contributed by atoms with van der Waals surface area (Å²) in [5.41, 5.74) is 1.87. The van der Waals surface area contributed by atoms with Crippen LogP contribution < -0.4 is 15.4 Å². The molecule has 2 aromatic heterocycles. The first-order valence-electron chi connectivity index (χ1n) is 9.66. The molecule has 0 saturated carbocycles. The Morgan fingerprint density at radius 2 is 2.28 bits per heavy atom. The van der Waals surface area contributed by atoms with Gasteiger partial charge in [0.05, 0.1) is 23.5 Å². The van der Waals surface area contributed by atoms with Crippen LogP contribution in [0.4, 0.5) is 5.82 Å². The van der Waals surface area contributed by atoms with Gasteiger partial charge in [0.2, 0.25) is 0 Å². The number of nitrogens with one attached hydrogen (secondary N) is 2. The smallest absolute Gasteiger partial charge is 0.261 e. The number of nitrogens with zero attached hydrogens (tertiary/aromatic N) is 2. The van der Waals surface area contributed by atoms with Crippen LogP contribution in [0.5, 0.6) is 5.75 Å². The normalized spacial score (nSPS) is 16.1. The zero-order valence-electron chi connectivity index (χ0n) is 16.5. The van der Waals surface area contributed by atoms with Crippen LogP contribution in [0.1, 0.15) is 33.6 Å². The van der Waals surface area contributed by atoms with Gasteiger partial charge in [-0.1, -0.05) is 12.1 Å². The van der Waals surface area contributed by atoms with Crippen molar-refractivity contribution in [1.29, 1.82) is 0 Å². The molecule has 1 aliphatic heterocycles. The number of benzene rings is 1. The molecule has 4 rings (SSSR count). The summed E-state index contributed by atoms with van der Waals surface area (Å²) < 4.78 is 10.9. The standard InChI is InChI=1S/C21H24N4O3S/c1-13-17-19(22-11-16-7-4-8-28-16)24-12-25-21(17)29-18(13)20(26)23-10-14-5-3-6-15(9-14)27-2/h3,5-6,9,12,16H,4,7-8,10-11H2,1-2H3,(H,23,26)(H,22,24,25)/t16-/m1/s1. The van der Waals surface area contributed by atoms with E-state index >= 15 is 0 Å². The molecule has 0 bridgehead atoms. The number of carbonyl (C=O) groups excluding carboxylic acids is 1. The molecule has 8 heteroatoms. The Bertz CT molecular complexity index is 1010. The Balaban J connectivity index is 1.50. The Morgan fingerprint density at radius 3 is 3.07 bits per heavy atom. The molecule has 0 aliphatic carbocycles. The number of rotatable bonds is 7. The zero-order valence-corrected chi connectivity index (χ0v) is 17.3. The van der Waals surface area contributed by atoms with E-state index in [0.717, 1.165) is 52.4 Å². The minimum atomic E-state index is -0.113. The van der Waals surface area contributed by atoms with Crippen molar-refractivity contribution in [3.05, 3.63) is 46.6 Å². The summed E-state index contributed by atoms with van der Waals surface area (Å²) >= 11 is 1.39. The molecule has 2 N–H and O–H groups in total. The molecule has 7 nitrogen and oxygen atoms in total. The topological polar surface area (TPSA) is 85.4 Å². The maximum atomic E-state index is 12.8. The number of thiophene rings is 1. The van der Waals surface area contributed by atoms with E-state index in [1.807, 2.05) is 31.2 Å². The predicted molar refractivity (Wildman–Crippen MR) is 114 cm³/mol. The molecular weight excluding hydrogens is 388 g/mol. The molecule has 1 amide bonds. The van der Waals surface area contributed by atoms with Gasteiger partial charge < -0.3 is 20.1 Å². The number of ether oxygens (including phenoxy) is 2. The van der Waals surface area contributed by atoms with Crippen molar-refractivity contribution in [2.45, 2.75) is 32.4 Å². The van der Waals surface area contributed by atoms with E-state index < -0.39 is 0 Å². The molecule has 1 atom stereocenters. The van der Waals surface area contributed by atoms with Gasteiger partial charge in [0, 0.05) is 19.7 Å². The summed E-state index contributed by atoms with van der Waals surface area (Å²) in [6.07, 6.45) is 3.90. The molecule has 0 spiro atoms. The van der Waals surface area contributed by atoms with Gasteiger partial charge in [-0.05, 0) is 43.0 Å². The summed E-state index contributed by atoms with van der Waals surface area (Å²) in [4.78, 5) is 23.0. The number of aryl methyl sites for hydroxylation is 1. The number of anilines is 1. The highest BCUT2D eigenvalue weighted by Gasteiger charge is 2.21. The van der Waals surface area contributed by atoms with E-state index in [1.165, 1.54) is 17.7 Å². The molecule has 1 saturated heterocycles. The number of fused-ring (bicyclic) bond motifs is 1. The van der Waals surface area contributed by atoms with Crippen molar-refractivity contribution < 1.29 is 14.3 Å². The van der Waals surface area contributed by atoms with Gasteiger partial charge in [0.1, 0.15) is 22.7 Å². The average molecular weight is 413 g/mol. The van der Waals surface area contributed by atoms with Crippen LogP contribution in [0.2, 0.25) is 0 Å². The third-order valence-corrected chi connectivity index (χ3v) is 6.24. The summed E-state index contributed by atoms with van der Waals surface area (Å²) in [7, 11) is 1.63. The van der Waals surface area contributed by atoms with Crippen LogP contribution >= 0.6 is 11.3 Å². The Labute approximate surface area is 173 Å². The molecule has 1 fully saturated rings. The highest BCUT2D eigenvalue weighted by molar-refractivity contribution is 7.20. The van der Waals surface area contributed by atoms with Crippen molar-refractivity contribution in [1.82, 2.24) is 15.3 Å². The SMILES string of the molecule is COc1cccc(CNC(=O)c2sc3ncnc(NC[C@H]4CCCO4)c3c2C)c1. The fraction of sp³-hybridized carbons (Fsp3) is 0.381. The maximum Gasteiger partial charge on any atom is 0.261 e. The predicted octanol–water partition coefficient (Wildman–Crippen LogP) is 3.53. The first kappa shape index (κ1) is 19.6. The van der Waals surface area contributed by atoms with E-state index in [1.54, 1.807) is 7.11 Å². The Kier molecular flexibility index (Phi) is 5.92. The van der Waals surface area contributed by atoms with Gasteiger partial charge in [-0.25, -0.2) is 9.97 Å². The van der Waals surface area contributed by atoms with Crippen LogP contribution in [0, 0.1) is 6.92 Å². The van der Waals surface area contributed by atoms with E-state index in [4.69, 9.17) is 9.47 Å². The third kappa shape index (κ3) is 4.33. The van der Waals surface area contributed by atoms with E-state index in [-0.39, 0.29) is 12.0 Å². The van der Waals surface area contributed by atoms with Crippen molar-refractivity contribution in [3.8, 4) is 5.75 Å². The number of methoxy groups -OCH3 is 1. The monoisotopic (exact) mass is 412 g/mol. The van der Waals surface area contributed by atoms with E-state index in [2.05, 4.69) is 20.6 Å². The molecule has 1 aliphatic rings. The molecule has 3 aromatic rings. The molecule has 3 heterocycles. The molecule has 0 radical (unpaired) electrons. The third-order valence-electron chi connectivity index (χ3n) is 5.04. The van der Waals surface area contributed by atoms with E-state index in [9.17, 15) is 4.79 Å². The van der Waals surface area contributed by atoms with Crippen LogP contribution in [0.25, 0.3) is 10.2 Å².